The minimum absolute atomic E-state index is 0.303. The molecule has 3 aromatic rings. The van der Waals surface area contributed by atoms with Gasteiger partial charge in [-0.15, -0.1) is 11.3 Å². The van der Waals surface area contributed by atoms with Crippen molar-refractivity contribution in [1.29, 1.82) is 0 Å². The number of ether oxygens (including phenoxy) is 2. The Labute approximate surface area is 200 Å². The first-order chi connectivity index (χ1) is 15.8. The molecule has 0 aliphatic carbocycles. The van der Waals surface area contributed by atoms with Crippen LogP contribution in [0.3, 0.4) is 0 Å². The van der Waals surface area contributed by atoms with Crippen molar-refractivity contribution in [2.75, 3.05) is 0 Å². The van der Waals surface area contributed by atoms with Gasteiger partial charge in [0.05, 0.1) is 16.1 Å². The van der Waals surface area contributed by atoms with E-state index in [0.717, 1.165) is 28.3 Å². The van der Waals surface area contributed by atoms with E-state index < -0.39 is 23.3 Å². The Balaban J connectivity index is 1.80. The predicted octanol–water partition coefficient (Wildman–Crippen LogP) is 7.22. The number of hydrogen-bond donors (Lipinski definition) is 1. The monoisotopic (exact) mass is 493 g/mol. The SMILES string of the molecule is CCC(Oc1ccc(OC(C)(C)C(=O)O)c(C)c1)c1sc(-c2ccc(C(F)(F)F)cc2)nc1C. The van der Waals surface area contributed by atoms with Crippen molar-refractivity contribution in [3.8, 4) is 22.1 Å². The third kappa shape index (κ3) is 5.70. The highest BCUT2D eigenvalue weighted by molar-refractivity contribution is 7.15. The molecule has 34 heavy (non-hydrogen) atoms. The summed E-state index contributed by atoms with van der Waals surface area (Å²) in [6.07, 6.45) is -4.03. The average molecular weight is 494 g/mol. The summed E-state index contributed by atoms with van der Waals surface area (Å²) in [4.78, 5) is 16.8. The summed E-state index contributed by atoms with van der Waals surface area (Å²) in [6, 6.07) is 10.1. The first-order valence-electron chi connectivity index (χ1n) is 10.7. The van der Waals surface area contributed by atoms with E-state index in [1.807, 2.05) is 20.8 Å². The van der Waals surface area contributed by atoms with E-state index in [2.05, 4.69) is 4.98 Å². The molecule has 2 aromatic carbocycles. The number of alkyl halides is 3. The first-order valence-corrected chi connectivity index (χ1v) is 11.5. The van der Waals surface area contributed by atoms with Crippen molar-refractivity contribution in [2.24, 2.45) is 0 Å². The summed E-state index contributed by atoms with van der Waals surface area (Å²) in [5.74, 6) is -0.0251. The number of aryl methyl sites for hydroxylation is 2. The van der Waals surface area contributed by atoms with Crippen LogP contribution in [0, 0.1) is 13.8 Å². The van der Waals surface area contributed by atoms with Crippen LogP contribution in [0.25, 0.3) is 10.6 Å². The van der Waals surface area contributed by atoms with Gasteiger partial charge in [0.2, 0.25) is 0 Å². The van der Waals surface area contributed by atoms with Crippen LogP contribution >= 0.6 is 11.3 Å². The van der Waals surface area contributed by atoms with Crippen LogP contribution < -0.4 is 9.47 Å². The molecule has 9 heteroatoms. The first kappa shape index (κ1) is 25.6. The fraction of sp³-hybridized carbons (Fsp3) is 0.360. The van der Waals surface area contributed by atoms with E-state index in [-0.39, 0.29) is 6.10 Å². The lowest BCUT2D eigenvalue weighted by molar-refractivity contribution is -0.152. The fourth-order valence-corrected chi connectivity index (χ4v) is 4.43. The second-order valence-electron chi connectivity index (χ2n) is 8.40. The van der Waals surface area contributed by atoms with Gasteiger partial charge in [-0.2, -0.15) is 13.2 Å². The third-order valence-corrected chi connectivity index (χ3v) is 6.56. The van der Waals surface area contributed by atoms with Gasteiger partial charge in [0.25, 0.3) is 0 Å². The number of carboxylic acid groups (broad SMARTS) is 1. The summed E-state index contributed by atoms with van der Waals surface area (Å²) in [7, 11) is 0. The quantitative estimate of drug-likeness (QED) is 0.359. The van der Waals surface area contributed by atoms with Gasteiger partial charge < -0.3 is 14.6 Å². The number of carbonyl (C=O) groups is 1. The molecule has 0 spiro atoms. The molecular formula is C25H26F3NO4S. The molecule has 3 rings (SSSR count). The minimum Gasteiger partial charge on any atom is -0.485 e. The molecule has 0 saturated heterocycles. The number of hydrogen-bond acceptors (Lipinski definition) is 5. The lowest BCUT2D eigenvalue weighted by Gasteiger charge is -2.23. The van der Waals surface area contributed by atoms with Gasteiger partial charge in [0.1, 0.15) is 22.6 Å². The smallest absolute Gasteiger partial charge is 0.416 e. The highest BCUT2D eigenvalue weighted by Gasteiger charge is 2.31. The molecule has 1 aromatic heterocycles. The minimum atomic E-state index is -4.38. The largest absolute Gasteiger partial charge is 0.485 e. The second-order valence-corrected chi connectivity index (χ2v) is 9.43. The van der Waals surface area contributed by atoms with Gasteiger partial charge in [0.15, 0.2) is 5.60 Å². The zero-order valence-electron chi connectivity index (χ0n) is 19.5. The molecule has 0 saturated carbocycles. The average Bonchev–Trinajstić information content (AvgIpc) is 3.14. The Morgan fingerprint density at radius 2 is 1.76 bits per heavy atom. The van der Waals surface area contributed by atoms with Crippen LogP contribution in [0.5, 0.6) is 11.5 Å². The topological polar surface area (TPSA) is 68.7 Å². The van der Waals surface area contributed by atoms with Crippen molar-refractivity contribution >= 4 is 17.3 Å². The molecule has 5 nitrogen and oxygen atoms in total. The van der Waals surface area contributed by atoms with Crippen LogP contribution in [-0.2, 0) is 11.0 Å². The fourth-order valence-electron chi connectivity index (χ4n) is 3.25. The van der Waals surface area contributed by atoms with Gasteiger partial charge in [-0.05, 0) is 70.0 Å². The van der Waals surface area contributed by atoms with Crippen molar-refractivity contribution in [3.05, 3.63) is 64.2 Å². The van der Waals surface area contributed by atoms with Crippen molar-refractivity contribution < 1.29 is 32.5 Å². The maximum atomic E-state index is 12.9. The summed E-state index contributed by atoms with van der Waals surface area (Å²) >= 11 is 1.39. The number of carboxylic acids is 1. The highest BCUT2D eigenvalue weighted by Crippen LogP contribution is 2.38. The van der Waals surface area contributed by atoms with Crippen molar-refractivity contribution in [3.63, 3.8) is 0 Å². The molecule has 1 atom stereocenters. The lowest BCUT2D eigenvalue weighted by atomic mass is 10.1. The summed E-state index contributed by atoms with van der Waals surface area (Å²) in [5.41, 5.74) is 0.0301. The summed E-state index contributed by atoms with van der Waals surface area (Å²) in [6.45, 7) is 8.59. The molecule has 0 aliphatic heterocycles. The zero-order chi connectivity index (χ0) is 25.3. The molecule has 0 fully saturated rings. The Bertz CT molecular complexity index is 1170. The number of aliphatic carboxylic acids is 1. The molecular weight excluding hydrogens is 467 g/mol. The standard InChI is InChI=1S/C25H26F3NO4S/c1-6-19(32-18-11-12-20(14(2)13-18)33-24(4,5)23(30)31)21-15(3)29-22(34-21)16-7-9-17(10-8-16)25(26,27)28/h7-13,19H,6H2,1-5H3,(H,30,31). The molecule has 1 N–H and O–H groups in total. The van der Waals surface area contributed by atoms with Crippen LogP contribution in [-0.4, -0.2) is 21.7 Å². The van der Waals surface area contributed by atoms with Crippen molar-refractivity contribution in [1.82, 2.24) is 4.98 Å². The van der Waals surface area contributed by atoms with Crippen LogP contribution in [0.1, 0.15) is 55.0 Å². The van der Waals surface area contributed by atoms with Gasteiger partial charge in [0, 0.05) is 5.56 Å². The highest BCUT2D eigenvalue weighted by atomic mass is 32.1. The number of benzene rings is 2. The number of rotatable bonds is 8. The molecule has 0 bridgehead atoms. The Morgan fingerprint density at radius 1 is 1.12 bits per heavy atom. The number of halogens is 3. The van der Waals surface area contributed by atoms with Gasteiger partial charge >= 0.3 is 12.1 Å². The number of aromatic nitrogens is 1. The maximum Gasteiger partial charge on any atom is 0.416 e. The van der Waals surface area contributed by atoms with Crippen molar-refractivity contribution in [2.45, 2.75) is 58.9 Å². The Kier molecular flexibility index (Phi) is 7.26. The zero-order valence-corrected chi connectivity index (χ0v) is 20.3. The van der Waals surface area contributed by atoms with Gasteiger partial charge in [-0.25, -0.2) is 9.78 Å². The van der Waals surface area contributed by atoms with E-state index in [1.165, 1.54) is 37.3 Å². The third-order valence-electron chi connectivity index (χ3n) is 5.26. The molecule has 182 valence electrons. The summed E-state index contributed by atoms with van der Waals surface area (Å²) < 4.78 is 50.4. The Hall–Kier alpha value is -3.07. The van der Waals surface area contributed by atoms with E-state index in [0.29, 0.717) is 28.5 Å². The van der Waals surface area contributed by atoms with Gasteiger partial charge in [-0.1, -0.05) is 19.1 Å². The van der Waals surface area contributed by atoms with Crippen LogP contribution in [0.2, 0.25) is 0 Å². The molecule has 1 unspecified atom stereocenters. The molecule has 0 amide bonds. The van der Waals surface area contributed by atoms with E-state index in [1.54, 1.807) is 18.2 Å². The number of nitrogens with zero attached hydrogens (tertiary/aromatic N) is 1. The second kappa shape index (κ2) is 9.66. The Morgan fingerprint density at radius 3 is 2.29 bits per heavy atom. The van der Waals surface area contributed by atoms with E-state index in [4.69, 9.17) is 9.47 Å². The van der Waals surface area contributed by atoms with Gasteiger partial charge in [-0.3, -0.25) is 0 Å². The summed E-state index contributed by atoms with van der Waals surface area (Å²) in [5, 5.41) is 9.90. The molecule has 0 radical (unpaired) electrons. The van der Waals surface area contributed by atoms with E-state index >= 15 is 0 Å². The normalized spacial score (nSPS) is 12.9. The molecule has 1 heterocycles. The molecule has 0 aliphatic rings. The predicted molar refractivity (Wildman–Crippen MR) is 124 cm³/mol. The number of thiazole rings is 1. The lowest BCUT2D eigenvalue weighted by Crippen LogP contribution is -2.38. The van der Waals surface area contributed by atoms with E-state index in [9.17, 15) is 23.1 Å². The maximum absolute atomic E-state index is 12.9. The van der Waals surface area contributed by atoms with Crippen LogP contribution in [0.4, 0.5) is 13.2 Å². The van der Waals surface area contributed by atoms with Crippen LogP contribution in [0.15, 0.2) is 42.5 Å².